The summed E-state index contributed by atoms with van der Waals surface area (Å²) in [7, 11) is -3.97. The molecule has 0 aromatic heterocycles. The molecule has 0 unspecified atom stereocenters. The summed E-state index contributed by atoms with van der Waals surface area (Å²) >= 11 is 0. The van der Waals surface area contributed by atoms with Crippen molar-refractivity contribution in [3.05, 3.63) is 29.8 Å². The average molecular weight is 294 g/mol. The topological polar surface area (TPSA) is 43.4 Å². The Hall–Kier alpha value is -1.08. The van der Waals surface area contributed by atoms with Crippen LogP contribution in [0, 0.1) is 18.8 Å². The molecule has 1 aromatic rings. The van der Waals surface area contributed by atoms with Crippen LogP contribution in [-0.2, 0) is 14.3 Å². The summed E-state index contributed by atoms with van der Waals surface area (Å²) in [6, 6.07) is 5.95. The van der Waals surface area contributed by atoms with Crippen LogP contribution in [0.15, 0.2) is 29.2 Å². The highest BCUT2D eigenvalue weighted by atomic mass is 32.2. The Labute approximate surface area is 109 Å². The van der Waals surface area contributed by atoms with Gasteiger partial charge in [0.05, 0.1) is 17.4 Å². The largest absolute Gasteiger partial charge is 0.392 e. The molecule has 0 aliphatic heterocycles. The predicted octanol–water partition coefficient (Wildman–Crippen LogP) is 2.90. The van der Waals surface area contributed by atoms with E-state index in [1.165, 1.54) is 12.1 Å². The van der Waals surface area contributed by atoms with Gasteiger partial charge in [-0.2, -0.15) is 21.6 Å². The van der Waals surface area contributed by atoms with Crippen molar-refractivity contribution in [3.63, 3.8) is 0 Å². The molecule has 7 heteroatoms. The van der Waals surface area contributed by atoms with Gasteiger partial charge >= 0.3 is 6.18 Å². The van der Waals surface area contributed by atoms with E-state index in [-0.39, 0.29) is 11.3 Å². The van der Waals surface area contributed by atoms with E-state index < -0.39 is 34.7 Å². The highest BCUT2D eigenvalue weighted by molar-refractivity contribution is 7.86. The predicted molar refractivity (Wildman–Crippen MR) is 62.0 cm³/mol. The zero-order valence-corrected chi connectivity index (χ0v) is 11.0. The van der Waals surface area contributed by atoms with Crippen molar-refractivity contribution in [2.45, 2.75) is 24.4 Å². The van der Waals surface area contributed by atoms with Gasteiger partial charge in [-0.1, -0.05) is 17.7 Å². The van der Waals surface area contributed by atoms with Gasteiger partial charge in [0.25, 0.3) is 10.1 Å². The van der Waals surface area contributed by atoms with Gasteiger partial charge in [-0.25, -0.2) is 0 Å². The van der Waals surface area contributed by atoms with E-state index in [1.54, 1.807) is 19.1 Å². The van der Waals surface area contributed by atoms with Gasteiger partial charge in [-0.05, 0) is 31.4 Å². The molecule has 0 bridgehead atoms. The monoisotopic (exact) mass is 294 g/mol. The molecule has 0 saturated heterocycles. The van der Waals surface area contributed by atoms with Crippen molar-refractivity contribution in [1.29, 1.82) is 0 Å². The van der Waals surface area contributed by atoms with Gasteiger partial charge in [-0.15, -0.1) is 0 Å². The molecule has 19 heavy (non-hydrogen) atoms. The molecule has 1 aliphatic rings. The van der Waals surface area contributed by atoms with E-state index in [4.69, 9.17) is 0 Å². The van der Waals surface area contributed by atoms with Gasteiger partial charge in [-0.3, -0.25) is 4.18 Å². The molecule has 1 saturated carbocycles. The number of aryl methyl sites for hydroxylation is 1. The molecule has 0 N–H and O–H groups in total. The zero-order chi connectivity index (χ0) is 14.3. The van der Waals surface area contributed by atoms with Crippen LogP contribution in [0.1, 0.15) is 12.0 Å². The fourth-order valence-corrected chi connectivity index (χ4v) is 2.74. The minimum atomic E-state index is -4.26. The third-order valence-corrected chi connectivity index (χ3v) is 4.39. The number of hydrogen-bond donors (Lipinski definition) is 0. The van der Waals surface area contributed by atoms with Crippen molar-refractivity contribution in [2.24, 2.45) is 11.8 Å². The number of benzene rings is 1. The van der Waals surface area contributed by atoms with Crippen LogP contribution in [-0.4, -0.2) is 21.2 Å². The molecule has 0 heterocycles. The molecular formula is C12H13F3O3S. The second-order valence-corrected chi connectivity index (χ2v) is 6.31. The molecule has 1 aliphatic carbocycles. The van der Waals surface area contributed by atoms with Crippen molar-refractivity contribution < 1.29 is 25.8 Å². The second kappa shape index (κ2) is 4.79. The maximum atomic E-state index is 12.3. The summed E-state index contributed by atoms with van der Waals surface area (Å²) in [4.78, 5) is -0.0395. The Balaban J connectivity index is 1.95. The average Bonchev–Trinajstić information content (AvgIpc) is 3.06. The molecule has 1 fully saturated rings. The lowest BCUT2D eigenvalue weighted by Crippen LogP contribution is -2.15. The quantitative estimate of drug-likeness (QED) is 0.802. The highest BCUT2D eigenvalue weighted by Crippen LogP contribution is 2.50. The Morgan fingerprint density at radius 3 is 2.32 bits per heavy atom. The van der Waals surface area contributed by atoms with Gasteiger partial charge in [0, 0.05) is 0 Å². The molecule has 2 atom stereocenters. The minimum Gasteiger partial charge on any atom is -0.266 e. The summed E-state index contributed by atoms with van der Waals surface area (Å²) in [5, 5.41) is 0. The fourth-order valence-electron chi connectivity index (χ4n) is 1.78. The van der Waals surface area contributed by atoms with Crippen molar-refractivity contribution in [3.8, 4) is 0 Å². The van der Waals surface area contributed by atoms with Crippen LogP contribution in [0.2, 0.25) is 0 Å². The van der Waals surface area contributed by atoms with Gasteiger partial charge < -0.3 is 0 Å². The molecule has 2 rings (SSSR count). The van der Waals surface area contributed by atoms with E-state index in [0.29, 0.717) is 0 Å². The van der Waals surface area contributed by atoms with E-state index in [9.17, 15) is 21.6 Å². The van der Waals surface area contributed by atoms with Gasteiger partial charge in [0.1, 0.15) is 0 Å². The molecule has 106 valence electrons. The molecule has 0 amide bonds. The van der Waals surface area contributed by atoms with Crippen molar-refractivity contribution in [1.82, 2.24) is 0 Å². The molecular weight excluding hydrogens is 281 g/mol. The van der Waals surface area contributed by atoms with Gasteiger partial charge in [0.2, 0.25) is 0 Å². The van der Waals surface area contributed by atoms with Crippen LogP contribution in [0.5, 0.6) is 0 Å². The first-order valence-electron chi connectivity index (χ1n) is 5.73. The normalized spacial score (nSPS) is 23.4. The standard InChI is InChI=1S/C12H13F3O3S/c1-8-2-4-10(5-3-8)19(16,17)18-7-9-6-11(9)12(13,14)15/h2-5,9,11H,6-7H2,1H3/t9-,11+/m0/s1. The lowest BCUT2D eigenvalue weighted by Gasteiger charge is -2.07. The summed E-state index contributed by atoms with van der Waals surface area (Å²) < 4.78 is 65.0. The van der Waals surface area contributed by atoms with E-state index >= 15 is 0 Å². The number of rotatable bonds is 4. The Bertz CT molecular complexity index is 549. The van der Waals surface area contributed by atoms with Crippen LogP contribution >= 0.6 is 0 Å². The summed E-state index contributed by atoms with van der Waals surface area (Å²) in [5.74, 6) is -2.18. The fraction of sp³-hybridized carbons (Fsp3) is 0.500. The Kier molecular flexibility index (Phi) is 3.61. The first kappa shape index (κ1) is 14.3. The molecule has 0 spiro atoms. The molecule has 3 nitrogen and oxygen atoms in total. The number of hydrogen-bond acceptors (Lipinski definition) is 3. The molecule has 0 radical (unpaired) electrons. The van der Waals surface area contributed by atoms with Crippen LogP contribution in [0.3, 0.4) is 0 Å². The van der Waals surface area contributed by atoms with Gasteiger partial charge in [0.15, 0.2) is 0 Å². The lowest BCUT2D eigenvalue weighted by atomic mass is 10.2. The third-order valence-electron chi connectivity index (χ3n) is 3.09. The number of alkyl halides is 3. The Morgan fingerprint density at radius 1 is 1.26 bits per heavy atom. The molecule has 1 aromatic carbocycles. The Morgan fingerprint density at radius 2 is 1.84 bits per heavy atom. The van der Waals surface area contributed by atoms with E-state index in [1.807, 2.05) is 0 Å². The van der Waals surface area contributed by atoms with Crippen LogP contribution in [0.4, 0.5) is 13.2 Å². The second-order valence-electron chi connectivity index (χ2n) is 4.70. The SMILES string of the molecule is Cc1ccc(S(=O)(=O)OC[C@@H]2C[C@H]2C(F)(F)F)cc1. The van der Waals surface area contributed by atoms with Crippen LogP contribution < -0.4 is 0 Å². The van der Waals surface area contributed by atoms with Crippen molar-refractivity contribution in [2.75, 3.05) is 6.61 Å². The van der Waals surface area contributed by atoms with E-state index in [0.717, 1.165) is 5.56 Å². The maximum absolute atomic E-state index is 12.3. The zero-order valence-electron chi connectivity index (χ0n) is 10.1. The lowest BCUT2D eigenvalue weighted by molar-refractivity contribution is -0.151. The number of halogens is 3. The highest BCUT2D eigenvalue weighted by Gasteiger charge is 2.55. The first-order valence-corrected chi connectivity index (χ1v) is 7.14. The smallest absolute Gasteiger partial charge is 0.266 e. The summed E-state index contributed by atoms with van der Waals surface area (Å²) in [5.41, 5.74) is 0.887. The van der Waals surface area contributed by atoms with Crippen molar-refractivity contribution >= 4 is 10.1 Å². The first-order chi connectivity index (χ1) is 8.70. The van der Waals surface area contributed by atoms with Crippen LogP contribution in [0.25, 0.3) is 0 Å². The summed E-state index contributed by atoms with van der Waals surface area (Å²) in [6.45, 7) is 1.38. The van der Waals surface area contributed by atoms with E-state index in [2.05, 4.69) is 4.18 Å². The maximum Gasteiger partial charge on any atom is 0.392 e. The third kappa shape index (κ3) is 3.48. The summed E-state index contributed by atoms with van der Waals surface area (Å²) in [6.07, 6.45) is -4.32. The minimum absolute atomic E-state index is 0.0395.